The van der Waals surface area contributed by atoms with Crippen molar-refractivity contribution in [2.75, 3.05) is 26.4 Å². The molecule has 0 fully saturated rings. The van der Waals surface area contributed by atoms with Gasteiger partial charge in [-0.25, -0.2) is 0 Å². The number of hydrogen-bond acceptors (Lipinski definition) is 12. The van der Waals surface area contributed by atoms with Crippen molar-refractivity contribution in [1.29, 1.82) is 0 Å². The Bertz CT molecular complexity index is 815. The second-order valence-electron chi connectivity index (χ2n) is 12.0. The van der Waals surface area contributed by atoms with Crippen molar-refractivity contribution in [3.8, 4) is 0 Å². The number of rotatable bonds is 26. The number of Topliss-reactive ketones (excluding diaryl/α,β-unsaturated/α-hetero) is 8. The number of ketones is 8. The van der Waals surface area contributed by atoms with Crippen LogP contribution in [0.5, 0.6) is 0 Å². The van der Waals surface area contributed by atoms with E-state index in [9.17, 15) is 58.8 Å². The van der Waals surface area contributed by atoms with Crippen LogP contribution in [-0.2, 0) is 64.6 Å². The van der Waals surface area contributed by atoms with Gasteiger partial charge in [0.25, 0.3) is 0 Å². The van der Waals surface area contributed by atoms with E-state index >= 15 is 0 Å². The van der Waals surface area contributed by atoms with E-state index in [4.69, 9.17) is 0 Å². The summed E-state index contributed by atoms with van der Waals surface area (Å²) in [5.74, 6) is -0.835. The second-order valence-corrected chi connectivity index (χ2v) is 12.0. The van der Waals surface area contributed by atoms with E-state index in [1.807, 2.05) is 0 Å². The van der Waals surface area contributed by atoms with Crippen LogP contribution in [0, 0.1) is 11.8 Å². The van der Waals surface area contributed by atoms with E-state index in [2.05, 4.69) is 0 Å². The van der Waals surface area contributed by atoms with Gasteiger partial charge in [0, 0.05) is 11.8 Å². The Kier molecular flexibility index (Phi) is 46.7. The summed E-state index contributed by atoms with van der Waals surface area (Å²) in [6, 6.07) is 0. The summed E-state index contributed by atoms with van der Waals surface area (Å²) in [5, 5.41) is 41.4. The minimum absolute atomic E-state index is 0. The van der Waals surface area contributed by atoms with E-state index in [0.29, 0.717) is 51.4 Å². The standard InChI is InChI=1S/2C13H22O4.2C5H8O2.Zr/c2*1-11(16)10-13(17)12(6-2-4-8-14)7-3-5-9-15;2*1-4(6)3-5(2)7;/h2*12H,2-10H2,1H3;2*3H2,1-2H3;/q2*-2;;;+4. The van der Waals surface area contributed by atoms with Crippen LogP contribution in [-0.4, -0.2) is 72.7 Å². The second kappa shape index (κ2) is 40.5. The van der Waals surface area contributed by atoms with Crippen LogP contribution in [0.3, 0.4) is 0 Å². The van der Waals surface area contributed by atoms with Crippen molar-refractivity contribution in [3.05, 3.63) is 0 Å². The molecule has 0 aliphatic rings. The Hall–Kier alpha value is -1.92. The smallest absolute Gasteiger partial charge is 0.854 e. The summed E-state index contributed by atoms with van der Waals surface area (Å²) >= 11 is 0. The van der Waals surface area contributed by atoms with Crippen LogP contribution >= 0.6 is 0 Å². The normalized spacial score (nSPS) is 9.88. The molecule has 0 aromatic heterocycles. The van der Waals surface area contributed by atoms with E-state index in [1.54, 1.807) is 0 Å². The van der Waals surface area contributed by atoms with Crippen LogP contribution in [0.25, 0.3) is 0 Å². The molecule has 0 bridgehead atoms. The first kappa shape index (κ1) is 56.5. The molecule has 0 N–H and O–H groups in total. The molecule has 0 saturated carbocycles. The fourth-order valence-electron chi connectivity index (χ4n) is 4.38. The minimum atomic E-state index is -0.142. The fourth-order valence-corrected chi connectivity index (χ4v) is 4.38. The number of carbonyl (C=O) groups excluding carboxylic acids is 8. The van der Waals surface area contributed by atoms with Crippen molar-refractivity contribution in [1.82, 2.24) is 0 Å². The molecular formula is C36H60O12Zr. The van der Waals surface area contributed by atoms with Gasteiger partial charge in [-0.1, -0.05) is 51.4 Å². The Morgan fingerprint density at radius 3 is 0.653 bits per heavy atom. The predicted octanol–water partition coefficient (Wildman–Crippen LogP) is 1.53. The summed E-state index contributed by atoms with van der Waals surface area (Å²) in [5.41, 5.74) is 0. The van der Waals surface area contributed by atoms with E-state index in [0.717, 1.165) is 25.7 Å². The van der Waals surface area contributed by atoms with Crippen LogP contribution in [0.2, 0.25) is 0 Å². The predicted molar refractivity (Wildman–Crippen MR) is 174 cm³/mol. The van der Waals surface area contributed by atoms with Crippen LogP contribution in [0.15, 0.2) is 0 Å². The molecule has 0 heterocycles. The molecule has 12 nitrogen and oxygen atoms in total. The molecule has 0 aromatic carbocycles. The summed E-state index contributed by atoms with van der Waals surface area (Å²) in [6.45, 7) is 7.96. The van der Waals surface area contributed by atoms with Gasteiger partial charge in [0.1, 0.15) is 46.3 Å². The molecule has 0 aliphatic carbocycles. The van der Waals surface area contributed by atoms with Gasteiger partial charge in [0.05, 0.1) is 25.7 Å². The van der Waals surface area contributed by atoms with Crippen LogP contribution in [0.1, 0.15) is 144 Å². The topological polar surface area (TPSA) is 229 Å². The zero-order chi connectivity index (χ0) is 37.9. The zero-order valence-electron chi connectivity index (χ0n) is 30.7. The SMILES string of the molecule is CC(=O)CC(=O)C(CCCC[O-])CCCC[O-].CC(=O)CC(=O)C(CCCC[O-])CCCC[O-].CC(=O)CC(C)=O.CC(=O)CC(C)=O.[Zr+4]. The van der Waals surface area contributed by atoms with Crippen molar-refractivity contribution < 1.29 is 85.0 Å². The molecule has 0 amide bonds. The van der Waals surface area contributed by atoms with Crippen molar-refractivity contribution >= 4 is 46.3 Å². The maximum absolute atomic E-state index is 11.8. The van der Waals surface area contributed by atoms with Gasteiger partial charge in [-0.2, -0.15) is 0 Å². The molecule has 0 spiro atoms. The maximum Gasteiger partial charge on any atom is 4.00 e. The molecule has 49 heavy (non-hydrogen) atoms. The molecule has 0 aromatic rings. The number of unbranched alkanes of at least 4 members (excludes halogenated alkanes) is 4. The fraction of sp³-hybridized carbons (Fsp3) is 0.778. The average molecular weight is 776 g/mol. The molecule has 0 atom stereocenters. The first-order chi connectivity index (χ1) is 22.5. The van der Waals surface area contributed by atoms with Gasteiger partial charge in [-0.3, -0.25) is 38.4 Å². The average Bonchev–Trinajstić information content (AvgIpc) is 2.94. The van der Waals surface area contributed by atoms with E-state index in [-0.39, 0.29) is 136 Å². The molecule has 0 aliphatic heterocycles. The Morgan fingerprint density at radius 1 is 0.347 bits per heavy atom. The van der Waals surface area contributed by atoms with Gasteiger partial charge in [0.15, 0.2) is 0 Å². The zero-order valence-corrected chi connectivity index (χ0v) is 33.2. The van der Waals surface area contributed by atoms with Crippen molar-refractivity contribution in [3.63, 3.8) is 0 Å². The third-order valence-electron chi connectivity index (χ3n) is 6.54. The van der Waals surface area contributed by atoms with Gasteiger partial charge in [0.2, 0.25) is 0 Å². The number of carbonyl (C=O) groups is 8. The van der Waals surface area contributed by atoms with Gasteiger partial charge in [-0.15, -0.1) is 26.4 Å². The van der Waals surface area contributed by atoms with Crippen LogP contribution < -0.4 is 20.4 Å². The van der Waals surface area contributed by atoms with Crippen molar-refractivity contribution in [2.24, 2.45) is 11.8 Å². The summed E-state index contributed by atoms with van der Waals surface area (Å²) in [7, 11) is 0. The van der Waals surface area contributed by atoms with Gasteiger partial charge in [-0.05, 0) is 67.2 Å². The molecule has 0 radical (unpaired) electrons. The molecule has 13 heteroatoms. The summed E-state index contributed by atoms with van der Waals surface area (Å²) in [4.78, 5) is 85.5. The quantitative estimate of drug-likeness (QED) is 0.0900. The first-order valence-electron chi connectivity index (χ1n) is 16.8. The Balaban J connectivity index is -0.000000189. The van der Waals surface area contributed by atoms with E-state index < -0.39 is 0 Å². The molecule has 0 unspecified atom stereocenters. The van der Waals surface area contributed by atoms with Crippen molar-refractivity contribution in [2.45, 2.75) is 144 Å². The minimum Gasteiger partial charge on any atom is -0.854 e. The number of hydrogen-bond donors (Lipinski definition) is 0. The maximum atomic E-state index is 11.8. The molecular weight excluding hydrogens is 716 g/mol. The summed E-state index contributed by atoms with van der Waals surface area (Å²) in [6.07, 6.45) is 8.06. The van der Waals surface area contributed by atoms with Gasteiger partial charge < -0.3 is 20.4 Å². The Morgan fingerprint density at radius 2 is 0.531 bits per heavy atom. The first-order valence-corrected chi connectivity index (χ1v) is 16.8. The Labute approximate surface area is 312 Å². The monoisotopic (exact) mass is 774 g/mol. The molecule has 0 saturated heterocycles. The molecule has 0 rings (SSSR count). The van der Waals surface area contributed by atoms with Crippen LogP contribution in [0.4, 0.5) is 0 Å². The third kappa shape index (κ3) is 50.6. The third-order valence-corrected chi connectivity index (χ3v) is 6.54. The van der Waals surface area contributed by atoms with Gasteiger partial charge >= 0.3 is 26.2 Å². The van der Waals surface area contributed by atoms with E-state index in [1.165, 1.54) is 41.5 Å². The molecule has 280 valence electrons. The largest absolute Gasteiger partial charge is 4.00 e. The summed E-state index contributed by atoms with van der Waals surface area (Å²) < 4.78 is 0.